The number of aliphatic carboxylic acids is 2. The van der Waals surface area contributed by atoms with E-state index >= 15 is 0 Å². The Bertz CT molecular complexity index is 561. The molecule has 0 heterocycles. The summed E-state index contributed by atoms with van der Waals surface area (Å²) >= 11 is 0. The normalized spacial score (nSPS) is 38.4. The Hall–Kier alpha value is -1.69. The van der Waals surface area contributed by atoms with Gasteiger partial charge in [-0.05, 0) is 24.3 Å². The molecule has 3 atom stereocenters. The van der Waals surface area contributed by atoms with Gasteiger partial charge in [-0.3, -0.25) is 4.79 Å². The van der Waals surface area contributed by atoms with Crippen LogP contribution >= 0.6 is 0 Å². The second-order valence-electron chi connectivity index (χ2n) is 6.97. The van der Waals surface area contributed by atoms with E-state index < -0.39 is 45.6 Å². The largest absolute Gasteiger partial charge is 0.479 e. The molecule has 21 heavy (non-hydrogen) atoms. The van der Waals surface area contributed by atoms with Crippen molar-refractivity contribution < 1.29 is 29.7 Å². The highest BCUT2D eigenvalue weighted by Crippen LogP contribution is 2.60. The molecule has 0 saturated heterocycles. The quantitative estimate of drug-likeness (QED) is 0.706. The maximum absolute atomic E-state index is 12.4. The van der Waals surface area contributed by atoms with Gasteiger partial charge < -0.3 is 15.3 Å². The number of rotatable bonds is 2. The Balaban J connectivity index is 2.77. The number of carboxylic acids is 2. The molecule has 0 aliphatic heterocycles. The predicted molar refractivity (Wildman–Crippen MR) is 72.5 cm³/mol. The number of aliphatic hydroxyl groups is 1. The summed E-state index contributed by atoms with van der Waals surface area (Å²) in [6.07, 6.45) is 2.46. The molecule has 116 valence electrons. The van der Waals surface area contributed by atoms with Gasteiger partial charge in [0.15, 0.2) is 11.4 Å². The minimum absolute atomic E-state index is 0.292. The van der Waals surface area contributed by atoms with Crippen molar-refractivity contribution in [1.82, 2.24) is 0 Å². The third-order valence-corrected chi connectivity index (χ3v) is 5.26. The number of ketones is 1. The predicted octanol–water partition coefficient (Wildman–Crippen LogP) is 1.23. The zero-order valence-electron chi connectivity index (χ0n) is 12.3. The fourth-order valence-corrected chi connectivity index (χ4v) is 4.36. The minimum atomic E-state index is -2.56. The maximum atomic E-state index is 12.4. The van der Waals surface area contributed by atoms with E-state index in [0.29, 0.717) is 12.8 Å². The number of fused-ring (bicyclic) bond motifs is 1. The molecule has 0 bridgehead atoms. The van der Waals surface area contributed by atoms with Gasteiger partial charge in [0.05, 0.1) is 5.57 Å². The van der Waals surface area contributed by atoms with Gasteiger partial charge in [0.25, 0.3) is 0 Å². The number of hydrogen-bond donors (Lipinski definition) is 3. The smallest absolute Gasteiger partial charge is 0.341 e. The Kier molecular flexibility index (Phi) is 3.29. The fourth-order valence-electron chi connectivity index (χ4n) is 4.36. The number of allylic oxidation sites excluding steroid dienone is 1. The summed E-state index contributed by atoms with van der Waals surface area (Å²) in [6.45, 7) is 5.23. The summed E-state index contributed by atoms with van der Waals surface area (Å²) in [4.78, 5) is 35.5. The van der Waals surface area contributed by atoms with Crippen molar-refractivity contribution >= 4 is 17.7 Å². The molecule has 1 saturated carbocycles. The van der Waals surface area contributed by atoms with E-state index in [1.165, 1.54) is 6.92 Å². The molecule has 6 heteroatoms. The second-order valence-corrected chi connectivity index (χ2v) is 6.97. The van der Waals surface area contributed by atoms with Crippen LogP contribution in [0.2, 0.25) is 0 Å². The second kappa shape index (κ2) is 4.40. The summed E-state index contributed by atoms with van der Waals surface area (Å²) in [5, 5.41) is 29.5. The third-order valence-electron chi connectivity index (χ3n) is 5.26. The monoisotopic (exact) mass is 296 g/mol. The third kappa shape index (κ3) is 1.85. The van der Waals surface area contributed by atoms with Crippen LogP contribution in [-0.4, -0.2) is 38.6 Å². The molecule has 2 aliphatic carbocycles. The summed E-state index contributed by atoms with van der Waals surface area (Å²) < 4.78 is 0. The lowest BCUT2D eigenvalue weighted by Crippen LogP contribution is -2.66. The van der Waals surface area contributed by atoms with E-state index in [1.54, 1.807) is 0 Å². The van der Waals surface area contributed by atoms with Crippen LogP contribution in [0.5, 0.6) is 0 Å². The van der Waals surface area contributed by atoms with Crippen molar-refractivity contribution in [2.24, 2.45) is 16.7 Å². The molecule has 0 aromatic rings. The van der Waals surface area contributed by atoms with Crippen molar-refractivity contribution in [3.8, 4) is 0 Å². The fraction of sp³-hybridized carbons (Fsp3) is 0.667. The van der Waals surface area contributed by atoms with Crippen LogP contribution in [0.4, 0.5) is 0 Å². The van der Waals surface area contributed by atoms with Crippen molar-refractivity contribution in [2.75, 3.05) is 0 Å². The van der Waals surface area contributed by atoms with Crippen LogP contribution in [0.15, 0.2) is 11.6 Å². The number of carbonyl (C=O) groups is 3. The van der Waals surface area contributed by atoms with Crippen molar-refractivity contribution in [2.45, 2.75) is 45.6 Å². The lowest BCUT2D eigenvalue weighted by molar-refractivity contribution is -0.191. The average Bonchev–Trinajstić information content (AvgIpc) is 2.31. The topological polar surface area (TPSA) is 112 Å². The zero-order valence-corrected chi connectivity index (χ0v) is 12.3. The van der Waals surface area contributed by atoms with Crippen LogP contribution in [0.1, 0.15) is 40.0 Å². The first-order valence-corrected chi connectivity index (χ1v) is 6.93. The van der Waals surface area contributed by atoms with E-state index in [2.05, 4.69) is 0 Å². The van der Waals surface area contributed by atoms with Crippen LogP contribution in [-0.2, 0) is 14.4 Å². The summed E-state index contributed by atoms with van der Waals surface area (Å²) in [7, 11) is 0. The van der Waals surface area contributed by atoms with E-state index in [4.69, 9.17) is 0 Å². The first-order chi connectivity index (χ1) is 9.48. The summed E-state index contributed by atoms with van der Waals surface area (Å²) in [5.41, 5.74) is -5.13. The highest BCUT2D eigenvalue weighted by Gasteiger charge is 2.67. The molecule has 1 fully saturated rings. The van der Waals surface area contributed by atoms with Gasteiger partial charge >= 0.3 is 11.9 Å². The van der Waals surface area contributed by atoms with E-state index in [1.807, 2.05) is 13.8 Å². The molecule has 0 amide bonds. The molecule has 2 rings (SSSR count). The van der Waals surface area contributed by atoms with Crippen LogP contribution in [0, 0.1) is 16.7 Å². The van der Waals surface area contributed by atoms with E-state index in [0.717, 1.165) is 12.5 Å². The zero-order chi connectivity index (χ0) is 16.2. The molecule has 3 N–H and O–H groups in total. The number of carbonyl (C=O) groups excluding carboxylic acids is 1. The van der Waals surface area contributed by atoms with Crippen LogP contribution in [0.25, 0.3) is 0 Å². The van der Waals surface area contributed by atoms with Crippen molar-refractivity contribution in [3.05, 3.63) is 11.6 Å². The number of carboxylic acid groups (broad SMARTS) is 2. The van der Waals surface area contributed by atoms with Gasteiger partial charge in [0, 0.05) is 11.3 Å². The van der Waals surface area contributed by atoms with Gasteiger partial charge in [-0.25, -0.2) is 9.59 Å². The average molecular weight is 296 g/mol. The maximum Gasteiger partial charge on any atom is 0.341 e. The molecule has 0 spiro atoms. The van der Waals surface area contributed by atoms with E-state index in [-0.39, 0.29) is 0 Å². The Morgan fingerprint density at radius 1 is 1.19 bits per heavy atom. The van der Waals surface area contributed by atoms with Gasteiger partial charge in [0.1, 0.15) is 0 Å². The van der Waals surface area contributed by atoms with Crippen LogP contribution < -0.4 is 0 Å². The van der Waals surface area contributed by atoms with Crippen molar-refractivity contribution in [1.29, 1.82) is 0 Å². The SMILES string of the molecule is CC1(C)CCC[C@@]2(C)[C@@H]1C(=O)C=C(C(=O)O)[C@]2(O)C(=O)O. The Morgan fingerprint density at radius 3 is 2.24 bits per heavy atom. The van der Waals surface area contributed by atoms with E-state index in [9.17, 15) is 29.7 Å². The lowest BCUT2D eigenvalue weighted by Gasteiger charge is -2.56. The van der Waals surface area contributed by atoms with Crippen molar-refractivity contribution in [3.63, 3.8) is 0 Å². The Labute approximate surface area is 122 Å². The summed E-state index contributed by atoms with van der Waals surface area (Å²) in [5.74, 6) is -4.32. The molecule has 0 aromatic carbocycles. The van der Waals surface area contributed by atoms with Gasteiger partial charge in [-0.15, -0.1) is 0 Å². The number of hydrogen-bond acceptors (Lipinski definition) is 4. The minimum Gasteiger partial charge on any atom is -0.479 e. The molecular weight excluding hydrogens is 276 g/mol. The summed E-state index contributed by atoms with van der Waals surface area (Å²) in [6, 6.07) is 0. The van der Waals surface area contributed by atoms with Crippen LogP contribution in [0.3, 0.4) is 0 Å². The highest BCUT2D eigenvalue weighted by atomic mass is 16.4. The first kappa shape index (κ1) is 15.7. The van der Waals surface area contributed by atoms with Gasteiger partial charge in [0.2, 0.25) is 0 Å². The standard InChI is InChI=1S/C15H20O6/c1-13(2)5-4-6-14(3)10(13)9(16)7-8(11(17)18)15(14,21)12(19)20/h7,10,21H,4-6H2,1-3H3,(H,17,18)(H,19,20)/t10-,14+,15+/m1/s1. The molecular formula is C15H20O6. The highest BCUT2D eigenvalue weighted by molar-refractivity contribution is 6.09. The van der Waals surface area contributed by atoms with Gasteiger partial charge in [-0.2, -0.15) is 0 Å². The first-order valence-electron chi connectivity index (χ1n) is 6.93. The molecule has 0 unspecified atom stereocenters. The lowest BCUT2D eigenvalue weighted by atomic mass is 9.46. The van der Waals surface area contributed by atoms with Gasteiger partial charge in [-0.1, -0.05) is 27.2 Å². The molecule has 6 nitrogen and oxygen atoms in total. The Morgan fingerprint density at radius 2 is 1.76 bits per heavy atom. The molecule has 0 radical (unpaired) electrons. The molecule has 0 aromatic heterocycles. The molecule has 2 aliphatic rings.